The molecule has 0 aliphatic carbocycles. The van der Waals surface area contributed by atoms with Crippen LogP contribution in [-0.4, -0.2) is 18.5 Å². The smallest absolute Gasteiger partial charge is 0.220 e. The molecule has 0 fully saturated rings. The molecule has 0 heterocycles. The number of carbonyl (C=O) groups is 1. The molecule has 1 amide bonds. The quantitative estimate of drug-likeness (QED) is 0.622. The molecular weight excluding hydrogens is 224 g/mol. The summed E-state index contributed by atoms with van der Waals surface area (Å²) in [4.78, 5) is 11.6. The van der Waals surface area contributed by atoms with Gasteiger partial charge in [0.05, 0.1) is 0 Å². The van der Waals surface area contributed by atoms with E-state index in [-0.39, 0.29) is 17.4 Å². The third kappa shape index (κ3) is 11.9. The Labute approximate surface area is 113 Å². The van der Waals surface area contributed by atoms with Crippen LogP contribution in [0.15, 0.2) is 0 Å². The summed E-state index contributed by atoms with van der Waals surface area (Å²) >= 11 is 0. The Morgan fingerprint density at radius 2 is 1.78 bits per heavy atom. The second-order valence-electron chi connectivity index (χ2n) is 6.49. The summed E-state index contributed by atoms with van der Waals surface area (Å²) in [5.41, 5.74) is 6.21. The normalized spacial score (nSPS) is 13.4. The van der Waals surface area contributed by atoms with Crippen LogP contribution in [0.4, 0.5) is 0 Å². The van der Waals surface area contributed by atoms with Crippen molar-refractivity contribution in [3.63, 3.8) is 0 Å². The van der Waals surface area contributed by atoms with E-state index in [1.165, 1.54) is 19.3 Å². The number of hydrogen-bond donors (Lipinski definition) is 2. The van der Waals surface area contributed by atoms with Gasteiger partial charge in [0.25, 0.3) is 0 Å². The van der Waals surface area contributed by atoms with Gasteiger partial charge >= 0.3 is 0 Å². The summed E-state index contributed by atoms with van der Waals surface area (Å²) in [7, 11) is 0. The SMILES string of the molecule is CCCCCCCC(=O)NCC(N)CC(C)(C)C. The molecule has 1 unspecified atom stereocenters. The number of hydrogen-bond acceptors (Lipinski definition) is 2. The van der Waals surface area contributed by atoms with E-state index in [0.29, 0.717) is 13.0 Å². The molecule has 18 heavy (non-hydrogen) atoms. The fraction of sp³-hybridized carbons (Fsp3) is 0.933. The molecule has 0 radical (unpaired) electrons. The lowest BCUT2D eigenvalue weighted by Crippen LogP contribution is -2.39. The molecule has 0 aromatic carbocycles. The van der Waals surface area contributed by atoms with E-state index in [2.05, 4.69) is 33.0 Å². The first-order valence-electron chi connectivity index (χ1n) is 7.37. The largest absolute Gasteiger partial charge is 0.355 e. The average molecular weight is 256 g/mol. The second kappa shape index (κ2) is 9.37. The Bertz CT molecular complexity index is 221. The van der Waals surface area contributed by atoms with Crippen LogP contribution in [0.2, 0.25) is 0 Å². The number of amides is 1. The minimum Gasteiger partial charge on any atom is -0.355 e. The minimum atomic E-state index is 0.0639. The Kier molecular flexibility index (Phi) is 9.08. The van der Waals surface area contributed by atoms with E-state index < -0.39 is 0 Å². The Hall–Kier alpha value is -0.570. The minimum absolute atomic E-state index is 0.0639. The fourth-order valence-corrected chi connectivity index (χ4v) is 2.08. The van der Waals surface area contributed by atoms with Crippen molar-refractivity contribution in [2.24, 2.45) is 11.1 Å². The standard InChI is InChI=1S/C15H32N2O/c1-5-6-7-8-9-10-14(18)17-12-13(16)11-15(2,3)4/h13H,5-12,16H2,1-4H3,(H,17,18). The van der Waals surface area contributed by atoms with Crippen molar-refractivity contribution < 1.29 is 4.79 Å². The topological polar surface area (TPSA) is 55.1 Å². The van der Waals surface area contributed by atoms with E-state index in [9.17, 15) is 4.79 Å². The third-order valence-corrected chi connectivity index (χ3v) is 2.94. The molecule has 0 saturated carbocycles. The van der Waals surface area contributed by atoms with Crippen LogP contribution in [0, 0.1) is 5.41 Å². The van der Waals surface area contributed by atoms with Gasteiger partial charge in [-0.2, -0.15) is 0 Å². The summed E-state index contributed by atoms with van der Waals surface area (Å²) in [6.07, 6.45) is 7.50. The van der Waals surface area contributed by atoms with Crippen molar-refractivity contribution in [1.29, 1.82) is 0 Å². The lowest BCUT2D eigenvalue weighted by molar-refractivity contribution is -0.121. The highest BCUT2D eigenvalue weighted by molar-refractivity contribution is 5.75. The van der Waals surface area contributed by atoms with Gasteiger partial charge in [-0.3, -0.25) is 4.79 Å². The van der Waals surface area contributed by atoms with Gasteiger partial charge in [-0.1, -0.05) is 53.4 Å². The lowest BCUT2D eigenvalue weighted by Gasteiger charge is -2.23. The van der Waals surface area contributed by atoms with Crippen molar-refractivity contribution in [2.75, 3.05) is 6.54 Å². The van der Waals surface area contributed by atoms with Crippen molar-refractivity contribution >= 4 is 5.91 Å². The molecule has 0 rings (SSSR count). The zero-order chi connectivity index (χ0) is 14.0. The van der Waals surface area contributed by atoms with Crippen LogP contribution in [0.1, 0.15) is 72.6 Å². The van der Waals surface area contributed by atoms with Gasteiger partial charge in [-0.15, -0.1) is 0 Å². The van der Waals surface area contributed by atoms with Gasteiger partial charge in [-0.05, 0) is 18.3 Å². The first-order chi connectivity index (χ1) is 8.35. The summed E-state index contributed by atoms with van der Waals surface area (Å²) in [6, 6.07) is 0.0639. The van der Waals surface area contributed by atoms with Gasteiger partial charge in [0.1, 0.15) is 0 Å². The summed E-state index contributed by atoms with van der Waals surface area (Å²) < 4.78 is 0. The van der Waals surface area contributed by atoms with Gasteiger partial charge < -0.3 is 11.1 Å². The van der Waals surface area contributed by atoms with E-state index in [4.69, 9.17) is 5.73 Å². The monoisotopic (exact) mass is 256 g/mol. The maximum absolute atomic E-state index is 11.6. The van der Waals surface area contributed by atoms with Crippen molar-refractivity contribution in [1.82, 2.24) is 5.32 Å². The van der Waals surface area contributed by atoms with Gasteiger partial charge in [-0.25, -0.2) is 0 Å². The molecule has 0 aromatic rings. The number of rotatable bonds is 9. The first kappa shape index (κ1) is 17.4. The highest BCUT2D eigenvalue weighted by Crippen LogP contribution is 2.19. The Morgan fingerprint density at radius 1 is 1.17 bits per heavy atom. The molecule has 0 aliphatic heterocycles. The summed E-state index contributed by atoms with van der Waals surface area (Å²) in [5, 5.41) is 2.93. The summed E-state index contributed by atoms with van der Waals surface area (Å²) in [5.74, 6) is 0.149. The number of nitrogens with one attached hydrogen (secondary N) is 1. The maximum Gasteiger partial charge on any atom is 0.220 e. The van der Waals surface area contributed by atoms with Crippen LogP contribution in [0.3, 0.4) is 0 Å². The van der Waals surface area contributed by atoms with Gasteiger partial charge in [0.15, 0.2) is 0 Å². The van der Waals surface area contributed by atoms with E-state index in [0.717, 1.165) is 19.3 Å². The van der Waals surface area contributed by atoms with Crippen LogP contribution in [0.5, 0.6) is 0 Å². The zero-order valence-corrected chi connectivity index (χ0v) is 12.7. The van der Waals surface area contributed by atoms with Crippen LogP contribution in [0.25, 0.3) is 0 Å². The molecule has 3 heteroatoms. The van der Waals surface area contributed by atoms with Gasteiger partial charge in [0.2, 0.25) is 5.91 Å². The van der Waals surface area contributed by atoms with Crippen LogP contribution >= 0.6 is 0 Å². The first-order valence-corrected chi connectivity index (χ1v) is 7.37. The van der Waals surface area contributed by atoms with E-state index in [1.54, 1.807) is 0 Å². The molecular formula is C15H32N2O. The van der Waals surface area contributed by atoms with Crippen molar-refractivity contribution in [3.8, 4) is 0 Å². The summed E-state index contributed by atoms with van der Waals surface area (Å²) in [6.45, 7) is 9.31. The molecule has 1 atom stereocenters. The molecule has 0 aromatic heterocycles. The predicted molar refractivity (Wildman–Crippen MR) is 78.4 cm³/mol. The highest BCUT2D eigenvalue weighted by Gasteiger charge is 2.15. The van der Waals surface area contributed by atoms with Crippen LogP contribution < -0.4 is 11.1 Å². The molecule has 0 spiro atoms. The fourth-order valence-electron chi connectivity index (χ4n) is 2.08. The molecule has 3 N–H and O–H groups in total. The number of unbranched alkanes of at least 4 members (excludes halogenated alkanes) is 4. The lowest BCUT2D eigenvalue weighted by atomic mass is 9.88. The Balaban J connectivity index is 3.52. The average Bonchev–Trinajstić information content (AvgIpc) is 2.24. The molecule has 0 bridgehead atoms. The number of carbonyl (C=O) groups excluding carboxylic acids is 1. The van der Waals surface area contributed by atoms with Crippen LogP contribution in [-0.2, 0) is 4.79 Å². The van der Waals surface area contributed by atoms with Crippen molar-refractivity contribution in [2.45, 2.75) is 78.7 Å². The molecule has 0 saturated heterocycles. The molecule has 108 valence electrons. The maximum atomic E-state index is 11.6. The van der Waals surface area contributed by atoms with Crippen molar-refractivity contribution in [3.05, 3.63) is 0 Å². The molecule has 3 nitrogen and oxygen atoms in total. The molecule has 0 aliphatic rings. The van der Waals surface area contributed by atoms with E-state index in [1.807, 2.05) is 0 Å². The van der Waals surface area contributed by atoms with Gasteiger partial charge in [0, 0.05) is 19.0 Å². The second-order valence-corrected chi connectivity index (χ2v) is 6.49. The third-order valence-electron chi connectivity index (χ3n) is 2.94. The predicted octanol–water partition coefficient (Wildman–Crippen LogP) is 3.23. The number of nitrogens with two attached hydrogens (primary N) is 1. The Morgan fingerprint density at radius 3 is 2.33 bits per heavy atom. The van der Waals surface area contributed by atoms with E-state index >= 15 is 0 Å². The highest BCUT2D eigenvalue weighted by atomic mass is 16.1. The zero-order valence-electron chi connectivity index (χ0n) is 12.7.